The Kier molecular flexibility index (Phi) is 3.47. The Bertz CT molecular complexity index is 547. The van der Waals surface area contributed by atoms with Crippen molar-refractivity contribution in [3.8, 4) is 5.75 Å². The molecule has 4 nitrogen and oxygen atoms in total. The first-order valence-corrected chi connectivity index (χ1v) is 7.26. The lowest BCUT2D eigenvalue weighted by molar-refractivity contribution is -0.122. The van der Waals surface area contributed by atoms with Crippen LogP contribution in [0.3, 0.4) is 0 Å². The number of fused-ring (bicyclic) bond motifs is 1. The lowest BCUT2D eigenvalue weighted by Crippen LogP contribution is -2.41. The molecule has 0 saturated heterocycles. The van der Waals surface area contributed by atoms with Gasteiger partial charge in [-0.1, -0.05) is 12.8 Å². The topological polar surface area (TPSA) is 46.6 Å². The van der Waals surface area contributed by atoms with Crippen molar-refractivity contribution in [3.05, 3.63) is 23.8 Å². The third-order valence-corrected chi connectivity index (χ3v) is 4.20. The van der Waals surface area contributed by atoms with Gasteiger partial charge >= 0.3 is 0 Å². The normalized spacial score (nSPS) is 18.6. The van der Waals surface area contributed by atoms with Crippen molar-refractivity contribution in [2.45, 2.75) is 32.6 Å². The third-order valence-electron chi connectivity index (χ3n) is 4.20. The quantitative estimate of drug-likeness (QED) is 0.778. The van der Waals surface area contributed by atoms with Crippen LogP contribution in [0.2, 0.25) is 0 Å². The molecule has 0 unspecified atom stereocenters. The fraction of sp³-hybridized carbons (Fsp3) is 0.500. The summed E-state index contributed by atoms with van der Waals surface area (Å²) in [5, 5.41) is 0. The lowest BCUT2D eigenvalue weighted by Gasteiger charge is -2.31. The molecule has 106 valence electrons. The molecule has 1 aromatic rings. The first-order chi connectivity index (χ1) is 9.66. The van der Waals surface area contributed by atoms with Gasteiger partial charge in [0, 0.05) is 11.5 Å². The molecule has 0 radical (unpaired) electrons. The standard InChI is InChI=1S/C16H19NO3/c1-11(18)13-6-7-15-14(10-13)17(8-9-20-15)16(19)12-4-2-3-5-12/h6-7,10,12H,2-5,8-9H2,1H3. The van der Waals surface area contributed by atoms with E-state index in [-0.39, 0.29) is 17.6 Å². The molecule has 1 saturated carbocycles. The summed E-state index contributed by atoms with van der Waals surface area (Å²) in [6.45, 7) is 2.63. The molecule has 0 N–H and O–H groups in total. The SMILES string of the molecule is CC(=O)c1ccc2c(c1)N(C(=O)C1CCCC1)CCO2. The maximum Gasteiger partial charge on any atom is 0.230 e. The molecular weight excluding hydrogens is 254 g/mol. The number of amides is 1. The molecule has 1 aliphatic carbocycles. The number of anilines is 1. The Morgan fingerprint density at radius 1 is 1.25 bits per heavy atom. The highest BCUT2D eigenvalue weighted by Gasteiger charge is 2.31. The van der Waals surface area contributed by atoms with Crippen LogP contribution >= 0.6 is 0 Å². The van der Waals surface area contributed by atoms with Crippen LogP contribution in [0.1, 0.15) is 43.0 Å². The van der Waals surface area contributed by atoms with Gasteiger partial charge in [-0.15, -0.1) is 0 Å². The molecule has 0 atom stereocenters. The summed E-state index contributed by atoms with van der Waals surface area (Å²) >= 11 is 0. The van der Waals surface area contributed by atoms with Crippen LogP contribution in [-0.4, -0.2) is 24.8 Å². The minimum Gasteiger partial charge on any atom is -0.490 e. The molecule has 1 aromatic carbocycles. The summed E-state index contributed by atoms with van der Waals surface area (Å²) in [6.07, 6.45) is 4.25. The first kappa shape index (κ1) is 13.2. The number of benzene rings is 1. The molecule has 0 bridgehead atoms. The predicted molar refractivity (Wildman–Crippen MR) is 76.3 cm³/mol. The number of ketones is 1. The number of hydrogen-bond donors (Lipinski definition) is 0. The zero-order valence-electron chi connectivity index (χ0n) is 11.7. The second kappa shape index (κ2) is 5.27. The minimum atomic E-state index is 0.00615. The highest BCUT2D eigenvalue weighted by molar-refractivity contribution is 6.00. The van der Waals surface area contributed by atoms with Gasteiger partial charge in [-0.3, -0.25) is 9.59 Å². The van der Waals surface area contributed by atoms with E-state index in [0.717, 1.165) is 31.4 Å². The number of carbonyl (C=O) groups is 2. The van der Waals surface area contributed by atoms with Crippen molar-refractivity contribution in [3.63, 3.8) is 0 Å². The van der Waals surface area contributed by atoms with Crippen LogP contribution in [0.4, 0.5) is 5.69 Å². The Morgan fingerprint density at radius 2 is 2.00 bits per heavy atom. The van der Waals surface area contributed by atoms with Crippen LogP contribution in [0.25, 0.3) is 0 Å². The molecule has 1 fully saturated rings. The fourth-order valence-electron chi connectivity index (χ4n) is 3.06. The second-order valence-electron chi connectivity index (χ2n) is 5.56. The van der Waals surface area contributed by atoms with Gasteiger partial charge in [0.05, 0.1) is 12.2 Å². The van der Waals surface area contributed by atoms with Crippen molar-refractivity contribution < 1.29 is 14.3 Å². The lowest BCUT2D eigenvalue weighted by atomic mass is 10.0. The number of nitrogens with zero attached hydrogens (tertiary/aromatic N) is 1. The van der Waals surface area contributed by atoms with E-state index in [1.807, 2.05) is 0 Å². The van der Waals surface area contributed by atoms with Crippen molar-refractivity contribution in [1.29, 1.82) is 0 Å². The molecule has 0 spiro atoms. The molecule has 1 aliphatic heterocycles. The smallest absolute Gasteiger partial charge is 0.230 e. The molecule has 20 heavy (non-hydrogen) atoms. The van der Waals surface area contributed by atoms with Crippen molar-refractivity contribution in [2.24, 2.45) is 5.92 Å². The van der Waals surface area contributed by atoms with Crippen LogP contribution in [0.5, 0.6) is 5.75 Å². The second-order valence-corrected chi connectivity index (χ2v) is 5.56. The van der Waals surface area contributed by atoms with Crippen molar-refractivity contribution in [1.82, 2.24) is 0 Å². The number of ether oxygens (including phenoxy) is 1. The Morgan fingerprint density at radius 3 is 2.70 bits per heavy atom. The number of Topliss-reactive ketones (excluding diaryl/α,β-unsaturated/α-hetero) is 1. The zero-order valence-corrected chi connectivity index (χ0v) is 11.7. The molecular formula is C16H19NO3. The van der Waals surface area contributed by atoms with Gasteiger partial charge in [0.25, 0.3) is 0 Å². The molecule has 0 aromatic heterocycles. The van der Waals surface area contributed by atoms with E-state index in [1.165, 1.54) is 6.92 Å². The van der Waals surface area contributed by atoms with Gasteiger partial charge in [0.15, 0.2) is 5.78 Å². The van der Waals surface area contributed by atoms with Crippen LogP contribution in [0, 0.1) is 5.92 Å². The van der Waals surface area contributed by atoms with E-state index >= 15 is 0 Å². The number of carbonyl (C=O) groups excluding carboxylic acids is 2. The average Bonchev–Trinajstić information content (AvgIpc) is 2.99. The average molecular weight is 273 g/mol. The van der Waals surface area contributed by atoms with Crippen LogP contribution < -0.4 is 9.64 Å². The molecule has 1 amide bonds. The first-order valence-electron chi connectivity index (χ1n) is 7.26. The fourth-order valence-corrected chi connectivity index (χ4v) is 3.06. The van der Waals surface area contributed by atoms with E-state index in [1.54, 1.807) is 23.1 Å². The van der Waals surface area contributed by atoms with E-state index in [0.29, 0.717) is 24.5 Å². The largest absolute Gasteiger partial charge is 0.490 e. The zero-order chi connectivity index (χ0) is 14.1. The molecule has 1 heterocycles. The summed E-state index contributed by atoms with van der Waals surface area (Å²) in [6, 6.07) is 5.33. The minimum absolute atomic E-state index is 0.00615. The maximum absolute atomic E-state index is 12.6. The molecule has 3 rings (SSSR count). The summed E-state index contributed by atoms with van der Waals surface area (Å²) in [4.78, 5) is 26.0. The van der Waals surface area contributed by atoms with Gasteiger partial charge in [0.2, 0.25) is 5.91 Å². The summed E-state index contributed by atoms with van der Waals surface area (Å²) in [5.74, 6) is 1.04. The summed E-state index contributed by atoms with van der Waals surface area (Å²) < 4.78 is 5.60. The Labute approximate surface area is 118 Å². The predicted octanol–water partition coefficient (Wildman–Crippen LogP) is 2.80. The molecule has 2 aliphatic rings. The van der Waals surface area contributed by atoms with E-state index < -0.39 is 0 Å². The monoisotopic (exact) mass is 273 g/mol. The molecule has 4 heteroatoms. The van der Waals surface area contributed by atoms with Gasteiger partial charge < -0.3 is 9.64 Å². The number of rotatable bonds is 2. The van der Waals surface area contributed by atoms with Crippen molar-refractivity contribution >= 4 is 17.4 Å². The van der Waals surface area contributed by atoms with Gasteiger partial charge in [-0.25, -0.2) is 0 Å². The highest BCUT2D eigenvalue weighted by atomic mass is 16.5. The van der Waals surface area contributed by atoms with Gasteiger partial charge in [0.1, 0.15) is 12.4 Å². The summed E-state index contributed by atoms with van der Waals surface area (Å²) in [5.41, 5.74) is 1.37. The van der Waals surface area contributed by atoms with E-state index in [9.17, 15) is 9.59 Å². The maximum atomic E-state index is 12.6. The van der Waals surface area contributed by atoms with Crippen molar-refractivity contribution in [2.75, 3.05) is 18.1 Å². The Hall–Kier alpha value is -1.84. The highest BCUT2D eigenvalue weighted by Crippen LogP contribution is 2.36. The third kappa shape index (κ3) is 2.30. The number of hydrogen-bond acceptors (Lipinski definition) is 3. The van der Waals surface area contributed by atoms with Gasteiger partial charge in [-0.05, 0) is 38.0 Å². The van der Waals surface area contributed by atoms with Crippen LogP contribution in [-0.2, 0) is 4.79 Å². The van der Waals surface area contributed by atoms with E-state index in [2.05, 4.69) is 0 Å². The van der Waals surface area contributed by atoms with Crippen LogP contribution in [0.15, 0.2) is 18.2 Å². The Balaban J connectivity index is 1.93. The summed E-state index contributed by atoms with van der Waals surface area (Å²) in [7, 11) is 0. The van der Waals surface area contributed by atoms with Gasteiger partial charge in [-0.2, -0.15) is 0 Å². The van der Waals surface area contributed by atoms with E-state index in [4.69, 9.17) is 4.74 Å².